The van der Waals surface area contributed by atoms with Gasteiger partial charge in [0.05, 0.1) is 13.2 Å². The number of nitrogens with zero attached hydrogens (tertiary/aromatic N) is 4. The Kier molecular flexibility index (Phi) is 2.02. The molecule has 2 fully saturated rings. The quantitative estimate of drug-likeness (QED) is 0.768. The molecule has 1 N–H and O–H groups in total. The minimum Gasteiger partial charge on any atom is -0.392 e. The fourth-order valence-corrected chi connectivity index (χ4v) is 2.83. The van der Waals surface area contributed by atoms with Crippen LogP contribution in [0.3, 0.4) is 0 Å². The van der Waals surface area contributed by atoms with Gasteiger partial charge < -0.3 is 5.11 Å². The molecule has 1 aromatic heterocycles. The summed E-state index contributed by atoms with van der Waals surface area (Å²) in [6.07, 6.45) is 4.07. The molecule has 3 atom stereocenters. The summed E-state index contributed by atoms with van der Waals surface area (Å²) in [7, 11) is 1.74. The highest BCUT2D eigenvalue weighted by molar-refractivity contribution is 4.99. The molecule has 0 spiro atoms. The third kappa shape index (κ3) is 1.76. The molecular formula is C10H16N4O. The van der Waals surface area contributed by atoms with E-state index >= 15 is 0 Å². The Hall–Kier alpha value is -0.970. The average Bonchev–Trinajstić information content (AvgIpc) is 2.61. The topological polar surface area (TPSA) is 63.8 Å². The van der Waals surface area contributed by atoms with Gasteiger partial charge >= 0.3 is 0 Å². The molecule has 2 aliphatic carbocycles. The number of hydrogen-bond acceptors (Lipinski definition) is 4. The number of aromatic nitrogens is 4. The maximum absolute atomic E-state index is 10.0. The fourth-order valence-electron chi connectivity index (χ4n) is 2.83. The van der Waals surface area contributed by atoms with Crippen molar-refractivity contribution in [3.63, 3.8) is 0 Å². The van der Waals surface area contributed by atoms with Crippen molar-refractivity contribution in [1.82, 2.24) is 20.2 Å². The average molecular weight is 208 g/mol. The maximum Gasteiger partial charge on any atom is 0.177 e. The predicted octanol–water partition coefficient (Wildman–Crippen LogP) is 0.160. The molecule has 0 radical (unpaired) electrons. The van der Waals surface area contributed by atoms with Crippen molar-refractivity contribution in [1.29, 1.82) is 0 Å². The summed E-state index contributed by atoms with van der Waals surface area (Å²) in [5.41, 5.74) is 0. The van der Waals surface area contributed by atoms with Crippen molar-refractivity contribution in [3.05, 3.63) is 5.82 Å². The second kappa shape index (κ2) is 3.27. The Balaban J connectivity index is 1.58. The standard InChI is InChI=1S/C10H16N4O/c1-14-12-10(11-13-14)5-9(15)8-3-6-2-7(6)4-8/h6-9,15H,2-5H2,1H3. The van der Waals surface area contributed by atoms with Gasteiger partial charge in [0.1, 0.15) is 0 Å². The second-order valence-electron chi connectivity index (χ2n) is 4.95. The van der Waals surface area contributed by atoms with Gasteiger partial charge in [-0.05, 0) is 42.2 Å². The van der Waals surface area contributed by atoms with Gasteiger partial charge in [0, 0.05) is 6.42 Å². The van der Waals surface area contributed by atoms with E-state index in [-0.39, 0.29) is 6.10 Å². The number of hydrogen-bond donors (Lipinski definition) is 1. The smallest absolute Gasteiger partial charge is 0.177 e. The fraction of sp³-hybridized carbons (Fsp3) is 0.900. The second-order valence-corrected chi connectivity index (χ2v) is 4.95. The monoisotopic (exact) mass is 208 g/mol. The van der Waals surface area contributed by atoms with Crippen LogP contribution in [0.15, 0.2) is 0 Å². The first-order valence-electron chi connectivity index (χ1n) is 5.63. The highest BCUT2D eigenvalue weighted by Crippen LogP contribution is 2.55. The molecular weight excluding hydrogens is 192 g/mol. The van der Waals surface area contributed by atoms with Gasteiger partial charge in [0.15, 0.2) is 5.82 Å². The summed E-state index contributed by atoms with van der Waals surface area (Å²) in [4.78, 5) is 1.44. The molecule has 0 aliphatic heterocycles. The molecule has 0 amide bonds. The lowest BCUT2D eigenvalue weighted by atomic mass is 9.94. The molecule has 15 heavy (non-hydrogen) atoms. The van der Waals surface area contributed by atoms with Crippen LogP contribution in [0.2, 0.25) is 0 Å². The lowest BCUT2D eigenvalue weighted by Gasteiger charge is -2.17. The van der Waals surface area contributed by atoms with Crippen LogP contribution in [0.4, 0.5) is 0 Å². The lowest BCUT2D eigenvalue weighted by Crippen LogP contribution is -2.22. The molecule has 3 rings (SSSR count). The van der Waals surface area contributed by atoms with Crippen LogP contribution in [0.5, 0.6) is 0 Å². The van der Waals surface area contributed by atoms with Crippen molar-refractivity contribution in [2.45, 2.75) is 31.8 Å². The van der Waals surface area contributed by atoms with E-state index in [9.17, 15) is 5.11 Å². The Morgan fingerprint density at radius 3 is 2.73 bits per heavy atom. The summed E-state index contributed by atoms with van der Waals surface area (Å²) in [5, 5.41) is 21.8. The van der Waals surface area contributed by atoms with Crippen LogP contribution in [-0.4, -0.2) is 31.4 Å². The van der Waals surface area contributed by atoms with Crippen LogP contribution in [0, 0.1) is 17.8 Å². The van der Waals surface area contributed by atoms with Gasteiger partial charge in [-0.15, -0.1) is 10.2 Å². The van der Waals surface area contributed by atoms with Crippen molar-refractivity contribution in [2.24, 2.45) is 24.8 Å². The summed E-state index contributed by atoms with van der Waals surface area (Å²) >= 11 is 0. The van der Waals surface area contributed by atoms with E-state index < -0.39 is 0 Å². The number of aliphatic hydroxyl groups is 1. The van der Waals surface area contributed by atoms with Crippen LogP contribution >= 0.6 is 0 Å². The largest absolute Gasteiger partial charge is 0.392 e. The van der Waals surface area contributed by atoms with E-state index in [1.165, 1.54) is 24.1 Å². The summed E-state index contributed by atoms with van der Waals surface area (Å²) < 4.78 is 0. The Morgan fingerprint density at radius 2 is 2.13 bits per heavy atom. The van der Waals surface area contributed by atoms with E-state index in [4.69, 9.17) is 0 Å². The van der Waals surface area contributed by atoms with Gasteiger partial charge in [-0.3, -0.25) is 0 Å². The van der Waals surface area contributed by atoms with E-state index in [1.807, 2.05) is 0 Å². The predicted molar refractivity (Wildman–Crippen MR) is 52.8 cm³/mol. The minimum absolute atomic E-state index is 0.276. The SMILES string of the molecule is Cn1nnc(CC(O)C2CC3CC3C2)n1. The van der Waals surface area contributed by atoms with Gasteiger partial charge in [-0.2, -0.15) is 4.80 Å². The third-order valence-corrected chi connectivity index (χ3v) is 3.77. The highest BCUT2D eigenvalue weighted by atomic mass is 16.3. The lowest BCUT2D eigenvalue weighted by molar-refractivity contribution is 0.102. The molecule has 0 bridgehead atoms. The third-order valence-electron chi connectivity index (χ3n) is 3.77. The molecule has 0 aromatic carbocycles. The zero-order valence-electron chi connectivity index (χ0n) is 8.87. The molecule has 5 nitrogen and oxygen atoms in total. The first-order valence-corrected chi connectivity index (χ1v) is 5.63. The molecule has 3 unspecified atom stereocenters. The van der Waals surface area contributed by atoms with E-state index in [0.717, 1.165) is 11.8 Å². The van der Waals surface area contributed by atoms with Crippen LogP contribution < -0.4 is 0 Å². The van der Waals surface area contributed by atoms with Crippen LogP contribution in [-0.2, 0) is 13.5 Å². The molecule has 2 saturated carbocycles. The van der Waals surface area contributed by atoms with Gasteiger partial charge in [0.25, 0.3) is 0 Å². The van der Waals surface area contributed by atoms with Crippen molar-refractivity contribution < 1.29 is 5.11 Å². The summed E-state index contributed by atoms with van der Waals surface area (Å²) in [6.45, 7) is 0. The minimum atomic E-state index is -0.276. The number of rotatable bonds is 3. The zero-order valence-corrected chi connectivity index (χ0v) is 8.87. The molecule has 82 valence electrons. The van der Waals surface area contributed by atoms with E-state index in [1.54, 1.807) is 7.05 Å². The van der Waals surface area contributed by atoms with Gasteiger partial charge in [-0.1, -0.05) is 0 Å². The van der Waals surface area contributed by atoms with E-state index in [0.29, 0.717) is 18.2 Å². The normalized spacial score (nSPS) is 35.2. The molecule has 2 aliphatic rings. The zero-order chi connectivity index (χ0) is 10.4. The summed E-state index contributed by atoms with van der Waals surface area (Å²) in [6, 6.07) is 0. The maximum atomic E-state index is 10.0. The number of aryl methyl sites for hydroxylation is 1. The molecule has 0 saturated heterocycles. The summed E-state index contributed by atoms with van der Waals surface area (Å²) in [5.74, 6) is 2.96. The number of tetrazole rings is 1. The van der Waals surface area contributed by atoms with Crippen LogP contribution in [0.1, 0.15) is 25.1 Å². The van der Waals surface area contributed by atoms with Crippen molar-refractivity contribution in [2.75, 3.05) is 0 Å². The molecule has 5 heteroatoms. The first kappa shape index (κ1) is 9.27. The first-order chi connectivity index (χ1) is 7.22. The van der Waals surface area contributed by atoms with Crippen molar-refractivity contribution >= 4 is 0 Å². The van der Waals surface area contributed by atoms with E-state index in [2.05, 4.69) is 15.4 Å². The van der Waals surface area contributed by atoms with Gasteiger partial charge in [0.2, 0.25) is 0 Å². The molecule has 1 aromatic rings. The number of aliphatic hydroxyl groups excluding tert-OH is 1. The highest BCUT2D eigenvalue weighted by Gasteiger charge is 2.47. The molecule has 1 heterocycles. The van der Waals surface area contributed by atoms with Crippen LogP contribution in [0.25, 0.3) is 0 Å². The Labute approximate surface area is 88.5 Å². The van der Waals surface area contributed by atoms with Gasteiger partial charge in [-0.25, -0.2) is 0 Å². The Bertz CT molecular complexity index is 354. The van der Waals surface area contributed by atoms with Crippen molar-refractivity contribution in [3.8, 4) is 0 Å². The number of fused-ring (bicyclic) bond motifs is 1. The Morgan fingerprint density at radius 1 is 1.40 bits per heavy atom.